The molecule has 136 valence electrons. The second kappa shape index (κ2) is 5.70. The Morgan fingerprint density at radius 3 is 2.41 bits per heavy atom. The molecule has 0 aliphatic heterocycles. The third-order valence-corrected chi connectivity index (χ3v) is 4.97. The molecule has 1 aromatic carbocycles. The Balaban J connectivity index is 1.74. The maximum absolute atomic E-state index is 12.7. The summed E-state index contributed by atoms with van der Waals surface area (Å²) in [5.74, 6) is -2.67. The van der Waals surface area contributed by atoms with Gasteiger partial charge >= 0.3 is 0 Å². The van der Waals surface area contributed by atoms with Gasteiger partial charge in [-0.2, -0.15) is 5.10 Å². The van der Waals surface area contributed by atoms with Crippen molar-refractivity contribution < 1.29 is 19.5 Å². The molecule has 2 heterocycles. The van der Waals surface area contributed by atoms with E-state index < -0.39 is 23.2 Å². The molecule has 9 heteroatoms. The molecule has 1 aliphatic rings. The highest BCUT2D eigenvalue weighted by Gasteiger charge is 2.53. The van der Waals surface area contributed by atoms with Crippen LogP contribution in [-0.2, 0) is 7.05 Å². The lowest BCUT2D eigenvalue weighted by Gasteiger charge is -2.20. The number of Topliss-reactive ketones (excluding diaryl/α,β-unsaturated/α-hetero) is 2. The molecule has 0 saturated heterocycles. The quantitative estimate of drug-likeness (QED) is 0.510. The third-order valence-electron chi connectivity index (χ3n) is 4.58. The fourth-order valence-electron chi connectivity index (χ4n) is 3.24. The lowest BCUT2D eigenvalue weighted by molar-refractivity contribution is 0.0192. The average molecular weight is 385 g/mol. The summed E-state index contributed by atoms with van der Waals surface area (Å²) >= 11 is 6.34. The maximum atomic E-state index is 12.7. The number of hydrogen-bond donors (Lipinski definition) is 2. The topological polar surface area (TPSA) is 114 Å². The first-order valence-corrected chi connectivity index (χ1v) is 8.35. The van der Waals surface area contributed by atoms with Crippen LogP contribution in [0.2, 0.25) is 5.02 Å². The number of benzene rings is 1. The Labute approximate surface area is 157 Å². The summed E-state index contributed by atoms with van der Waals surface area (Å²) in [6, 6.07) is 5.97. The fourth-order valence-corrected chi connectivity index (χ4v) is 3.60. The molecule has 0 atom stereocenters. The Bertz CT molecular complexity index is 1130. The molecule has 0 fully saturated rings. The van der Waals surface area contributed by atoms with Gasteiger partial charge in [-0.3, -0.25) is 19.1 Å². The number of fused-ring (bicyclic) bond motifs is 2. The Kier molecular flexibility index (Phi) is 3.66. The normalized spacial score (nSPS) is 15.3. The van der Waals surface area contributed by atoms with Crippen LogP contribution in [0.3, 0.4) is 0 Å². The number of ketones is 2. The first-order valence-electron chi connectivity index (χ1n) is 7.97. The van der Waals surface area contributed by atoms with Crippen LogP contribution in [0.25, 0.3) is 11.0 Å². The number of rotatable bonds is 2. The van der Waals surface area contributed by atoms with Crippen molar-refractivity contribution in [3.8, 4) is 0 Å². The molecular weight excluding hydrogens is 372 g/mol. The summed E-state index contributed by atoms with van der Waals surface area (Å²) in [6.07, 6.45) is 1.21. The predicted molar refractivity (Wildman–Crippen MR) is 95.8 cm³/mol. The van der Waals surface area contributed by atoms with Crippen LogP contribution in [0.1, 0.15) is 36.8 Å². The molecule has 0 unspecified atom stereocenters. The van der Waals surface area contributed by atoms with Gasteiger partial charge in [0.1, 0.15) is 0 Å². The molecule has 1 aliphatic carbocycles. The molecule has 27 heavy (non-hydrogen) atoms. The third kappa shape index (κ3) is 2.30. The number of aryl methyl sites for hydroxylation is 2. The molecule has 0 saturated carbocycles. The minimum absolute atomic E-state index is 0.0491. The summed E-state index contributed by atoms with van der Waals surface area (Å²) < 4.78 is 1.52. The molecule has 1 amide bonds. The van der Waals surface area contributed by atoms with Gasteiger partial charge < -0.3 is 10.4 Å². The minimum Gasteiger partial charge on any atom is -0.358 e. The molecule has 3 aromatic rings. The van der Waals surface area contributed by atoms with Gasteiger partial charge in [-0.25, -0.2) is 4.98 Å². The van der Waals surface area contributed by atoms with E-state index in [2.05, 4.69) is 15.4 Å². The molecule has 4 rings (SSSR count). The first-order chi connectivity index (χ1) is 12.8. The van der Waals surface area contributed by atoms with Crippen molar-refractivity contribution in [2.45, 2.75) is 12.6 Å². The number of hydrogen-bond acceptors (Lipinski definition) is 6. The largest absolute Gasteiger partial charge is 0.358 e. The Hall–Kier alpha value is -3.10. The van der Waals surface area contributed by atoms with Gasteiger partial charge in [0, 0.05) is 24.4 Å². The lowest BCUT2D eigenvalue weighted by atomic mass is 10.1. The predicted octanol–water partition coefficient (Wildman–Crippen LogP) is 1.43. The smallest absolute Gasteiger partial charge is 0.268 e. The van der Waals surface area contributed by atoms with Crippen molar-refractivity contribution in [1.29, 1.82) is 0 Å². The number of nitrogens with one attached hydrogen (secondary N) is 1. The molecule has 0 bridgehead atoms. The second-order valence-electron chi connectivity index (χ2n) is 6.26. The van der Waals surface area contributed by atoms with E-state index in [9.17, 15) is 19.5 Å². The molecule has 8 nitrogen and oxygen atoms in total. The van der Waals surface area contributed by atoms with E-state index in [1.54, 1.807) is 26.1 Å². The number of aliphatic hydroxyl groups is 1. The number of carbonyl (C=O) groups excluding carboxylic acids is 3. The van der Waals surface area contributed by atoms with Crippen LogP contribution in [0.15, 0.2) is 30.5 Å². The van der Waals surface area contributed by atoms with Crippen molar-refractivity contribution in [2.24, 2.45) is 7.05 Å². The maximum Gasteiger partial charge on any atom is 0.268 e. The van der Waals surface area contributed by atoms with Gasteiger partial charge in [0.05, 0.1) is 21.7 Å². The molecule has 0 spiro atoms. The van der Waals surface area contributed by atoms with E-state index >= 15 is 0 Å². The minimum atomic E-state index is -2.68. The SMILES string of the molecule is Cc1nn(C)c2ncc(C(=O)NC3(O)C(=O)c4ccccc4C3=O)c(Cl)c12. The molecular formula is C18H13ClN4O4. The van der Waals surface area contributed by atoms with E-state index in [-0.39, 0.29) is 21.7 Å². The molecule has 2 aromatic heterocycles. The van der Waals surface area contributed by atoms with E-state index in [0.717, 1.165) is 0 Å². The van der Waals surface area contributed by atoms with Crippen LogP contribution < -0.4 is 5.32 Å². The zero-order valence-corrected chi connectivity index (χ0v) is 15.0. The summed E-state index contributed by atoms with van der Waals surface area (Å²) in [5, 5.41) is 17.5. The number of aromatic nitrogens is 3. The summed E-state index contributed by atoms with van der Waals surface area (Å²) in [7, 11) is 1.69. The van der Waals surface area contributed by atoms with Crippen molar-refractivity contribution >= 4 is 40.1 Å². The van der Waals surface area contributed by atoms with Crippen LogP contribution in [-0.4, -0.2) is 43.1 Å². The zero-order valence-electron chi connectivity index (χ0n) is 14.3. The fraction of sp³-hybridized carbons (Fsp3) is 0.167. The molecule has 0 radical (unpaired) electrons. The van der Waals surface area contributed by atoms with Gasteiger partial charge in [0.15, 0.2) is 5.65 Å². The van der Waals surface area contributed by atoms with E-state index in [1.165, 1.54) is 23.0 Å². The lowest BCUT2D eigenvalue weighted by Crippen LogP contribution is -2.56. The van der Waals surface area contributed by atoms with Crippen molar-refractivity contribution in [1.82, 2.24) is 20.1 Å². The van der Waals surface area contributed by atoms with Crippen molar-refractivity contribution in [3.05, 3.63) is 57.9 Å². The van der Waals surface area contributed by atoms with E-state index in [1.807, 2.05) is 0 Å². The second-order valence-corrected chi connectivity index (χ2v) is 6.64. The number of halogens is 1. The van der Waals surface area contributed by atoms with E-state index in [0.29, 0.717) is 16.7 Å². The first kappa shape index (κ1) is 17.3. The standard InChI is InChI=1S/C18H13ClN4O4/c1-8-12-13(19)11(7-20-16(12)23(2)22-8)17(26)21-18(27)14(24)9-5-3-4-6-10(9)15(18)25/h3-7,27H,1-2H3,(H,21,26). The number of amides is 1. The van der Waals surface area contributed by atoms with Crippen LogP contribution in [0, 0.1) is 6.92 Å². The van der Waals surface area contributed by atoms with E-state index in [4.69, 9.17) is 11.6 Å². The monoisotopic (exact) mass is 384 g/mol. The van der Waals surface area contributed by atoms with Crippen LogP contribution in [0.4, 0.5) is 0 Å². The average Bonchev–Trinajstić information content (AvgIpc) is 3.03. The van der Waals surface area contributed by atoms with Gasteiger partial charge in [-0.05, 0) is 6.92 Å². The zero-order chi connectivity index (χ0) is 19.5. The van der Waals surface area contributed by atoms with Gasteiger partial charge in [0.2, 0.25) is 11.6 Å². The van der Waals surface area contributed by atoms with Crippen LogP contribution in [0.5, 0.6) is 0 Å². The Morgan fingerprint density at radius 2 is 1.81 bits per heavy atom. The highest BCUT2D eigenvalue weighted by atomic mass is 35.5. The van der Waals surface area contributed by atoms with Crippen molar-refractivity contribution in [2.75, 3.05) is 0 Å². The van der Waals surface area contributed by atoms with Gasteiger partial charge in [0.25, 0.3) is 11.6 Å². The van der Waals surface area contributed by atoms with Gasteiger partial charge in [-0.15, -0.1) is 0 Å². The highest BCUT2D eigenvalue weighted by Crippen LogP contribution is 2.31. The summed E-state index contributed by atoms with van der Waals surface area (Å²) in [5.41, 5.74) is -1.61. The number of carbonyl (C=O) groups is 3. The number of nitrogens with zero attached hydrogens (tertiary/aromatic N) is 3. The Morgan fingerprint density at radius 1 is 1.22 bits per heavy atom. The highest BCUT2D eigenvalue weighted by molar-refractivity contribution is 6.39. The number of pyridine rings is 1. The van der Waals surface area contributed by atoms with Gasteiger partial charge in [-0.1, -0.05) is 35.9 Å². The van der Waals surface area contributed by atoms with Crippen molar-refractivity contribution in [3.63, 3.8) is 0 Å². The summed E-state index contributed by atoms with van der Waals surface area (Å²) in [6.45, 7) is 1.71. The summed E-state index contributed by atoms with van der Waals surface area (Å²) in [4.78, 5) is 41.9. The molecule has 2 N–H and O–H groups in total. The van der Waals surface area contributed by atoms with Crippen LogP contribution >= 0.6 is 11.6 Å².